The van der Waals surface area contributed by atoms with E-state index in [1.807, 2.05) is 13.0 Å². The van der Waals surface area contributed by atoms with Gasteiger partial charge in [-0.25, -0.2) is 5.26 Å². The molecule has 0 aliphatic carbocycles. The first kappa shape index (κ1) is 14.8. The zero-order chi connectivity index (χ0) is 14.5. The molecular formula is C10H10ClN5O3S. The summed E-state index contributed by atoms with van der Waals surface area (Å²) in [6.07, 6.45) is 0. The minimum Gasteiger partial charge on any atom is -0.368 e. The molecule has 0 saturated carbocycles. The maximum atomic E-state index is 8.12. The van der Waals surface area contributed by atoms with Gasteiger partial charge in [0.25, 0.3) is 0 Å². The minimum absolute atomic E-state index is 0.0115. The monoisotopic (exact) mass is 315 g/mol. The molecule has 4 N–H and O–H groups in total. The van der Waals surface area contributed by atoms with Gasteiger partial charge in [-0.2, -0.15) is 15.0 Å². The summed E-state index contributed by atoms with van der Waals surface area (Å²) in [7, 11) is 0. The molecule has 106 valence electrons. The summed E-state index contributed by atoms with van der Waals surface area (Å²) in [5, 5.41) is 14.6. The van der Waals surface area contributed by atoms with Crippen LogP contribution < -0.4 is 11.1 Å². The summed E-state index contributed by atoms with van der Waals surface area (Å²) >= 11 is 6.57. The second kappa shape index (κ2) is 6.68. The Morgan fingerprint density at radius 1 is 1.35 bits per heavy atom. The average molecular weight is 316 g/mol. The molecule has 0 unspecified atom stereocenters. The predicted molar refractivity (Wildman–Crippen MR) is 74.4 cm³/mol. The number of aryl methyl sites for hydroxylation is 1. The van der Waals surface area contributed by atoms with E-state index in [-0.39, 0.29) is 17.2 Å². The molecule has 0 aliphatic rings. The van der Waals surface area contributed by atoms with E-state index < -0.39 is 0 Å². The summed E-state index contributed by atoms with van der Waals surface area (Å²) in [5.74, 6) is 0.280. The molecule has 0 aliphatic heterocycles. The normalized spacial score (nSPS) is 10.6. The maximum absolute atomic E-state index is 8.12. The number of benzene rings is 1. The number of halogens is 1. The highest BCUT2D eigenvalue weighted by molar-refractivity contribution is 7.94. The van der Waals surface area contributed by atoms with Crippen LogP contribution in [0, 0.1) is 6.92 Å². The van der Waals surface area contributed by atoms with Gasteiger partial charge in [0.15, 0.2) is 0 Å². The fourth-order valence-corrected chi connectivity index (χ4v) is 2.01. The smallest absolute Gasteiger partial charge is 0.233 e. The second-order valence-electron chi connectivity index (χ2n) is 3.62. The third-order valence-electron chi connectivity index (χ3n) is 2.21. The highest BCUT2D eigenvalue weighted by atomic mass is 35.5. The Balaban J connectivity index is 2.15. The highest BCUT2D eigenvalue weighted by Gasteiger charge is 2.06. The molecule has 10 heteroatoms. The fraction of sp³-hybridized carbons (Fsp3) is 0.100. The lowest BCUT2D eigenvalue weighted by molar-refractivity contribution is -0.432. The molecule has 0 atom stereocenters. The third kappa shape index (κ3) is 3.92. The van der Waals surface area contributed by atoms with E-state index in [0.29, 0.717) is 0 Å². The lowest BCUT2D eigenvalue weighted by Crippen LogP contribution is -2.03. The minimum atomic E-state index is 0.0115. The molecule has 0 saturated heterocycles. The molecule has 2 rings (SSSR count). The van der Waals surface area contributed by atoms with Crippen molar-refractivity contribution in [2.75, 3.05) is 11.1 Å². The van der Waals surface area contributed by atoms with Gasteiger partial charge in [0, 0.05) is 10.6 Å². The number of anilines is 3. The standard InChI is InChI=1S/C10H10ClN5O3S/c1-5-4-6(2-3-7(5)20-19-18-17)13-10-15-8(11)14-9(12)16-10/h2-4,17H,1H3,(H3,12,13,14,15,16). The van der Waals surface area contributed by atoms with Crippen LogP contribution in [-0.4, -0.2) is 20.2 Å². The molecule has 2 aromatic rings. The number of nitrogens with two attached hydrogens (primary N) is 1. The Morgan fingerprint density at radius 2 is 2.15 bits per heavy atom. The van der Waals surface area contributed by atoms with Crippen molar-refractivity contribution >= 4 is 41.2 Å². The quantitative estimate of drug-likeness (QED) is 0.435. The molecule has 8 nitrogen and oxygen atoms in total. The van der Waals surface area contributed by atoms with Crippen molar-refractivity contribution in [3.8, 4) is 0 Å². The lowest BCUT2D eigenvalue weighted by Gasteiger charge is -2.08. The maximum Gasteiger partial charge on any atom is 0.233 e. The van der Waals surface area contributed by atoms with Gasteiger partial charge in [-0.3, -0.25) is 0 Å². The Morgan fingerprint density at radius 3 is 2.80 bits per heavy atom. The Labute approximate surface area is 123 Å². The molecular weight excluding hydrogens is 306 g/mol. The Bertz CT molecular complexity index is 595. The number of hydrogen-bond donors (Lipinski definition) is 3. The molecule has 20 heavy (non-hydrogen) atoms. The van der Waals surface area contributed by atoms with Crippen molar-refractivity contribution < 1.29 is 14.6 Å². The van der Waals surface area contributed by atoms with Gasteiger partial charge in [0.05, 0.1) is 12.0 Å². The van der Waals surface area contributed by atoms with Crippen molar-refractivity contribution in [2.45, 2.75) is 11.8 Å². The van der Waals surface area contributed by atoms with Crippen molar-refractivity contribution in [3.63, 3.8) is 0 Å². The predicted octanol–water partition coefficient (Wildman–Crippen LogP) is 2.59. The Kier molecular flexibility index (Phi) is 4.93. The van der Waals surface area contributed by atoms with Crippen molar-refractivity contribution in [3.05, 3.63) is 29.0 Å². The fourth-order valence-electron chi connectivity index (χ4n) is 1.42. The summed E-state index contributed by atoms with van der Waals surface area (Å²) < 4.78 is 4.37. The van der Waals surface area contributed by atoms with Crippen LogP contribution in [0.2, 0.25) is 5.28 Å². The molecule has 0 amide bonds. The summed E-state index contributed by atoms with van der Waals surface area (Å²) in [6.45, 7) is 1.86. The van der Waals surface area contributed by atoms with Gasteiger partial charge in [0.1, 0.15) is 0 Å². The molecule has 0 fully saturated rings. The Hall–Kier alpha value is -1.65. The number of nitrogens with one attached hydrogen (secondary N) is 1. The number of nitrogen functional groups attached to an aromatic ring is 1. The molecule has 1 heterocycles. The van der Waals surface area contributed by atoms with Crippen LogP contribution in [-0.2, 0) is 9.37 Å². The second-order valence-corrected chi connectivity index (χ2v) is 4.70. The zero-order valence-corrected chi connectivity index (χ0v) is 11.8. The van der Waals surface area contributed by atoms with E-state index in [2.05, 4.69) is 29.6 Å². The summed E-state index contributed by atoms with van der Waals surface area (Å²) in [6, 6.07) is 5.37. The topological polar surface area (TPSA) is 115 Å². The van der Waals surface area contributed by atoms with E-state index in [4.69, 9.17) is 22.6 Å². The number of aromatic nitrogens is 3. The molecule has 0 bridgehead atoms. The van der Waals surface area contributed by atoms with Crippen molar-refractivity contribution in [2.24, 2.45) is 0 Å². The first-order valence-electron chi connectivity index (χ1n) is 5.28. The van der Waals surface area contributed by atoms with Gasteiger partial charge >= 0.3 is 0 Å². The first-order valence-corrected chi connectivity index (χ1v) is 6.40. The number of hydrogen-bond acceptors (Lipinski definition) is 9. The van der Waals surface area contributed by atoms with E-state index in [9.17, 15) is 0 Å². The SMILES string of the molecule is Cc1cc(Nc2nc(N)nc(Cl)n2)ccc1SOOO. The van der Waals surface area contributed by atoms with Crippen LogP contribution in [0.3, 0.4) is 0 Å². The molecule has 1 aromatic heterocycles. The van der Waals surface area contributed by atoms with Crippen LogP contribution in [0.15, 0.2) is 23.1 Å². The van der Waals surface area contributed by atoms with Crippen LogP contribution in [0.5, 0.6) is 0 Å². The lowest BCUT2D eigenvalue weighted by atomic mass is 10.2. The molecule has 0 radical (unpaired) electrons. The zero-order valence-electron chi connectivity index (χ0n) is 10.2. The van der Waals surface area contributed by atoms with E-state index in [0.717, 1.165) is 28.2 Å². The van der Waals surface area contributed by atoms with Gasteiger partial charge in [0.2, 0.25) is 17.2 Å². The van der Waals surface area contributed by atoms with Crippen molar-refractivity contribution in [1.82, 2.24) is 15.0 Å². The number of rotatable bonds is 5. The third-order valence-corrected chi connectivity index (χ3v) is 3.15. The van der Waals surface area contributed by atoms with Gasteiger partial charge < -0.3 is 11.1 Å². The van der Waals surface area contributed by atoms with E-state index >= 15 is 0 Å². The van der Waals surface area contributed by atoms with Crippen LogP contribution in [0.4, 0.5) is 17.6 Å². The first-order chi connectivity index (χ1) is 9.58. The van der Waals surface area contributed by atoms with Crippen LogP contribution >= 0.6 is 23.6 Å². The average Bonchev–Trinajstić information content (AvgIpc) is 2.36. The van der Waals surface area contributed by atoms with Crippen LogP contribution in [0.25, 0.3) is 0 Å². The van der Waals surface area contributed by atoms with E-state index in [1.165, 1.54) is 0 Å². The summed E-state index contributed by atoms with van der Waals surface area (Å²) in [5.41, 5.74) is 7.11. The summed E-state index contributed by atoms with van der Waals surface area (Å²) in [4.78, 5) is 12.2. The highest BCUT2D eigenvalue weighted by Crippen LogP contribution is 2.26. The number of nitrogens with zero attached hydrogens (tertiary/aromatic N) is 3. The van der Waals surface area contributed by atoms with Crippen LogP contribution in [0.1, 0.15) is 5.56 Å². The van der Waals surface area contributed by atoms with Crippen molar-refractivity contribution in [1.29, 1.82) is 0 Å². The van der Waals surface area contributed by atoms with Gasteiger partial charge in [-0.15, -0.1) is 4.33 Å². The largest absolute Gasteiger partial charge is 0.368 e. The molecule has 1 aromatic carbocycles. The van der Waals surface area contributed by atoms with Gasteiger partial charge in [-0.05, 0) is 42.3 Å². The van der Waals surface area contributed by atoms with Gasteiger partial charge in [-0.1, -0.05) is 5.04 Å². The molecule has 0 spiro atoms. The van der Waals surface area contributed by atoms with E-state index in [1.54, 1.807) is 12.1 Å².